The van der Waals surface area contributed by atoms with Crippen molar-refractivity contribution < 1.29 is 18.3 Å². The number of aromatic nitrogens is 4. The van der Waals surface area contributed by atoms with Crippen LogP contribution in [0.5, 0.6) is 0 Å². The molecule has 1 unspecified atom stereocenters. The first-order chi connectivity index (χ1) is 14.5. The van der Waals surface area contributed by atoms with Crippen molar-refractivity contribution >= 4 is 11.3 Å². The SMILES string of the molecule is CNC(c1cnn(-c2c(C)c(C(F)(F)F)nc3c2CCC3)c1)c1cnc(C(C)(C)O)s1. The Morgan fingerprint density at radius 3 is 2.58 bits per heavy atom. The predicted octanol–water partition coefficient (Wildman–Crippen LogP) is 4.08. The summed E-state index contributed by atoms with van der Waals surface area (Å²) in [7, 11) is 1.79. The minimum atomic E-state index is -4.52. The predicted molar refractivity (Wildman–Crippen MR) is 111 cm³/mol. The largest absolute Gasteiger partial charge is 0.433 e. The molecule has 2 N–H and O–H groups in total. The van der Waals surface area contributed by atoms with E-state index < -0.39 is 17.5 Å². The summed E-state index contributed by atoms with van der Waals surface area (Å²) in [5, 5.41) is 18.4. The number of aliphatic hydroxyl groups is 1. The third-order valence-corrected chi connectivity index (χ3v) is 6.86. The van der Waals surface area contributed by atoms with E-state index in [0.717, 1.165) is 22.4 Å². The number of fused-ring (bicyclic) bond motifs is 1. The van der Waals surface area contributed by atoms with Crippen molar-refractivity contribution in [1.82, 2.24) is 25.1 Å². The van der Waals surface area contributed by atoms with Gasteiger partial charge < -0.3 is 10.4 Å². The Hall–Kier alpha value is -2.30. The molecule has 0 saturated heterocycles. The molecule has 0 spiro atoms. The fourth-order valence-electron chi connectivity index (χ4n) is 4.03. The van der Waals surface area contributed by atoms with Gasteiger partial charge in [0, 0.05) is 34.1 Å². The number of thiazole rings is 1. The van der Waals surface area contributed by atoms with Crippen LogP contribution in [0, 0.1) is 6.92 Å². The topological polar surface area (TPSA) is 75.9 Å². The van der Waals surface area contributed by atoms with Gasteiger partial charge in [0.15, 0.2) is 0 Å². The van der Waals surface area contributed by atoms with Crippen molar-refractivity contribution in [3.63, 3.8) is 0 Å². The number of nitrogens with zero attached hydrogens (tertiary/aromatic N) is 4. The van der Waals surface area contributed by atoms with E-state index in [-0.39, 0.29) is 11.6 Å². The van der Waals surface area contributed by atoms with E-state index in [2.05, 4.69) is 20.4 Å². The van der Waals surface area contributed by atoms with Crippen LogP contribution in [0.2, 0.25) is 0 Å². The van der Waals surface area contributed by atoms with Gasteiger partial charge >= 0.3 is 6.18 Å². The third-order valence-electron chi connectivity index (χ3n) is 5.49. The van der Waals surface area contributed by atoms with Crippen LogP contribution in [0.1, 0.15) is 64.3 Å². The van der Waals surface area contributed by atoms with Crippen LogP contribution < -0.4 is 5.32 Å². The summed E-state index contributed by atoms with van der Waals surface area (Å²) < 4.78 is 42.3. The summed E-state index contributed by atoms with van der Waals surface area (Å²) in [6.07, 6.45) is 2.60. The van der Waals surface area contributed by atoms with Crippen LogP contribution >= 0.6 is 11.3 Å². The highest BCUT2D eigenvalue weighted by Crippen LogP contribution is 2.38. The van der Waals surface area contributed by atoms with E-state index in [1.807, 2.05) is 0 Å². The second-order valence-electron chi connectivity index (χ2n) is 8.28. The van der Waals surface area contributed by atoms with Crippen molar-refractivity contribution in [2.45, 2.75) is 57.9 Å². The lowest BCUT2D eigenvalue weighted by Gasteiger charge is -2.17. The molecule has 1 aliphatic carbocycles. The molecule has 10 heteroatoms. The highest BCUT2D eigenvalue weighted by molar-refractivity contribution is 7.11. The second-order valence-corrected chi connectivity index (χ2v) is 9.34. The highest BCUT2D eigenvalue weighted by atomic mass is 32.1. The first kappa shape index (κ1) is 21.9. The van der Waals surface area contributed by atoms with Crippen molar-refractivity contribution in [1.29, 1.82) is 0 Å². The minimum absolute atomic E-state index is 0.0888. The maximum absolute atomic E-state index is 13.6. The van der Waals surface area contributed by atoms with Gasteiger partial charge in [0.2, 0.25) is 0 Å². The summed E-state index contributed by atoms with van der Waals surface area (Å²) in [5.41, 5.74) is 0.806. The van der Waals surface area contributed by atoms with Crippen molar-refractivity contribution in [2.75, 3.05) is 7.05 Å². The molecule has 0 aromatic carbocycles. The van der Waals surface area contributed by atoms with E-state index in [1.54, 1.807) is 39.5 Å². The Bertz CT molecular complexity index is 1110. The van der Waals surface area contributed by atoms with Gasteiger partial charge in [-0.15, -0.1) is 11.3 Å². The van der Waals surface area contributed by atoms with Gasteiger partial charge in [-0.2, -0.15) is 18.3 Å². The zero-order valence-electron chi connectivity index (χ0n) is 17.7. The van der Waals surface area contributed by atoms with Crippen molar-refractivity contribution in [3.8, 4) is 5.69 Å². The van der Waals surface area contributed by atoms with Crippen LogP contribution in [0.15, 0.2) is 18.6 Å². The number of alkyl halides is 3. The van der Waals surface area contributed by atoms with Gasteiger partial charge in [-0.3, -0.25) is 0 Å². The lowest BCUT2D eigenvalue weighted by molar-refractivity contribution is -0.141. The fraction of sp³-hybridized carbons (Fsp3) is 0.476. The highest BCUT2D eigenvalue weighted by Gasteiger charge is 2.38. The van der Waals surface area contributed by atoms with Crippen LogP contribution in [0.4, 0.5) is 13.2 Å². The fourth-order valence-corrected chi connectivity index (χ4v) is 5.09. The number of rotatable bonds is 5. The normalized spacial score (nSPS) is 15.4. The number of halogens is 3. The Kier molecular flexibility index (Phi) is 5.43. The Balaban J connectivity index is 1.77. The number of pyridine rings is 1. The Morgan fingerprint density at radius 2 is 1.97 bits per heavy atom. The van der Waals surface area contributed by atoms with Gasteiger partial charge in [0.05, 0.1) is 17.9 Å². The van der Waals surface area contributed by atoms with Crippen molar-refractivity contribution in [3.05, 3.63) is 56.6 Å². The molecular weight excluding hydrogens is 427 g/mol. The molecule has 0 radical (unpaired) electrons. The molecule has 1 atom stereocenters. The quantitative estimate of drug-likeness (QED) is 0.612. The number of hydrogen-bond donors (Lipinski definition) is 2. The molecule has 31 heavy (non-hydrogen) atoms. The summed E-state index contributed by atoms with van der Waals surface area (Å²) in [4.78, 5) is 9.13. The number of nitrogens with one attached hydrogen (secondary N) is 1. The Morgan fingerprint density at radius 1 is 1.23 bits per heavy atom. The number of aryl methyl sites for hydroxylation is 1. The van der Waals surface area contributed by atoms with Crippen LogP contribution in [0.25, 0.3) is 5.69 Å². The summed E-state index contributed by atoms with van der Waals surface area (Å²) >= 11 is 1.38. The van der Waals surface area contributed by atoms with E-state index in [9.17, 15) is 18.3 Å². The zero-order chi connectivity index (χ0) is 22.6. The van der Waals surface area contributed by atoms with E-state index >= 15 is 0 Å². The average molecular weight is 452 g/mol. The summed E-state index contributed by atoms with van der Waals surface area (Å²) in [6.45, 7) is 4.81. The lowest BCUT2D eigenvalue weighted by atomic mass is 10.1. The molecule has 6 nitrogen and oxygen atoms in total. The second kappa shape index (κ2) is 7.68. The first-order valence-electron chi connectivity index (χ1n) is 10.0. The van der Waals surface area contributed by atoms with E-state index in [1.165, 1.54) is 22.9 Å². The van der Waals surface area contributed by atoms with Gasteiger partial charge in [-0.05, 0) is 52.6 Å². The van der Waals surface area contributed by atoms with Crippen LogP contribution in [-0.2, 0) is 24.6 Å². The van der Waals surface area contributed by atoms with E-state index in [0.29, 0.717) is 29.2 Å². The molecule has 3 aromatic rings. The smallest absolute Gasteiger partial charge is 0.383 e. The summed E-state index contributed by atoms with van der Waals surface area (Å²) in [5.74, 6) is 0. The van der Waals surface area contributed by atoms with Gasteiger partial charge in [0.1, 0.15) is 16.3 Å². The molecule has 4 rings (SSSR count). The van der Waals surface area contributed by atoms with Gasteiger partial charge in [0.25, 0.3) is 0 Å². The molecular formula is C21H24F3N5OS. The molecule has 0 bridgehead atoms. The first-order valence-corrected chi connectivity index (χ1v) is 10.8. The molecule has 0 amide bonds. The lowest BCUT2D eigenvalue weighted by Crippen LogP contribution is -2.17. The van der Waals surface area contributed by atoms with E-state index in [4.69, 9.17) is 0 Å². The standard InChI is InChI=1S/C21H24F3N5OS/c1-11-17(13-6-5-7-14(13)28-18(11)21(22,23)24)29-10-12(8-27-29)16(25-4)15-9-26-19(31-15)20(2,3)30/h8-10,16,25,30H,5-7H2,1-4H3. The number of hydrogen-bond acceptors (Lipinski definition) is 6. The molecule has 166 valence electrons. The van der Waals surface area contributed by atoms with Crippen LogP contribution in [0.3, 0.4) is 0 Å². The average Bonchev–Trinajstić information content (AvgIpc) is 3.41. The van der Waals surface area contributed by atoms with Gasteiger partial charge in [-0.25, -0.2) is 14.6 Å². The molecule has 3 aromatic heterocycles. The van der Waals surface area contributed by atoms with Crippen molar-refractivity contribution in [2.24, 2.45) is 0 Å². The monoisotopic (exact) mass is 451 g/mol. The molecule has 1 aliphatic rings. The third kappa shape index (κ3) is 3.99. The zero-order valence-corrected chi connectivity index (χ0v) is 18.5. The maximum atomic E-state index is 13.6. The molecule has 0 aliphatic heterocycles. The maximum Gasteiger partial charge on any atom is 0.433 e. The molecule has 0 fully saturated rings. The van der Waals surface area contributed by atoms with Gasteiger partial charge in [-0.1, -0.05) is 0 Å². The Labute approximate surface area is 182 Å². The molecule has 0 saturated carbocycles. The molecule has 3 heterocycles. The van der Waals surface area contributed by atoms with Crippen LogP contribution in [-0.4, -0.2) is 31.9 Å². The minimum Gasteiger partial charge on any atom is -0.383 e. The summed E-state index contributed by atoms with van der Waals surface area (Å²) in [6, 6.07) is -0.250.